The fraction of sp³-hybridized carbons (Fsp3) is 0.0526. The molecule has 132 valence electrons. The molecular formula is C19H16FIN4O. The molecule has 3 N–H and O–H groups in total. The molecule has 0 bridgehead atoms. The predicted molar refractivity (Wildman–Crippen MR) is 109 cm³/mol. The Balaban J connectivity index is 1.75. The van der Waals surface area contributed by atoms with Gasteiger partial charge in [0.25, 0.3) is 5.91 Å². The van der Waals surface area contributed by atoms with Crippen LogP contribution in [-0.2, 0) is 0 Å². The van der Waals surface area contributed by atoms with E-state index in [-0.39, 0.29) is 11.6 Å². The number of carbonyl (C=O) groups excluding carboxylic acids is 1. The summed E-state index contributed by atoms with van der Waals surface area (Å²) in [6.45, 7) is 1.99. The van der Waals surface area contributed by atoms with Gasteiger partial charge in [0.2, 0.25) is 0 Å². The van der Waals surface area contributed by atoms with E-state index in [1.54, 1.807) is 18.2 Å². The van der Waals surface area contributed by atoms with Crippen LogP contribution in [0.1, 0.15) is 15.9 Å². The SMILES string of the molecule is Cc1ccc(NNC(=O)c2ccncc2Nc2ccc(I)cc2F)cc1. The minimum atomic E-state index is -0.398. The van der Waals surface area contributed by atoms with Gasteiger partial charge in [-0.1, -0.05) is 17.7 Å². The summed E-state index contributed by atoms with van der Waals surface area (Å²) in [6, 6.07) is 14.0. The molecule has 2 aromatic carbocycles. The summed E-state index contributed by atoms with van der Waals surface area (Å²) in [5, 5.41) is 2.93. The number of pyridine rings is 1. The van der Waals surface area contributed by atoms with Gasteiger partial charge in [0.05, 0.1) is 28.8 Å². The maximum Gasteiger partial charge on any atom is 0.271 e. The van der Waals surface area contributed by atoms with Crippen LogP contribution in [0.2, 0.25) is 0 Å². The van der Waals surface area contributed by atoms with Gasteiger partial charge in [-0.05, 0) is 65.9 Å². The molecule has 0 atom stereocenters. The highest BCUT2D eigenvalue weighted by molar-refractivity contribution is 14.1. The van der Waals surface area contributed by atoms with Gasteiger partial charge in [-0.3, -0.25) is 20.6 Å². The van der Waals surface area contributed by atoms with Crippen molar-refractivity contribution in [1.29, 1.82) is 0 Å². The molecule has 1 amide bonds. The zero-order valence-corrected chi connectivity index (χ0v) is 16.0. The third-order valence-electron chi connectivity index (χ3n) is 3.64. The molecule has 1 heterocycles. The lowest BCUT2D eigenvalue weighted by Crippen LogP contribution is -2.29. The van der Waals surface area contributed by atoms with E-state index in [4.69, 9.17) is 0 Å². The smallest absolute Gasteiger partial charge is 0.271 e. The van der Waals surface area contributed by atoms with Crippen LogP contribution in [0.5, 0.6) is 0 Å². The lowest BCUT2D eigenvalue weighted by atomic mass is 10.2. The van der Waals surface area contributed by atoms with E-state index in [0.29, 0.717) is 11.3 Å². The summed E-state index contributed by atoms with van der Waals surface area (Å²) in [5.74, 6) is -0.758. The molecule has 7 heteroatoms. The molecule has 0 unspecified atom stereocenters. The van der Waals surface area contributed by atoms with E-state index in [9.17, 15) is 9.18 Å². The predicted octanol–water partition coefficient (Wildman–Crippen LogP) is 4.63. The molecule has 1 aromatic heterocycles. The number of benzene rings is 2. The second-order valence-electron chi connectivity index (χ2n) is 5.62. The van der Waals surface area contributed by atoms with Crippen LogP contribution in [0.3, 0.4) is 0 Å². The lowest BCUT2D eigenvalue weighted by Gasteiger charge is -2.13. The first kappa shape index (κ1) is 18.1. The molecule has 26 heavy (non-hydrogen) atoms. The van der Waals surface area contributed by atoms with Crippen LogP contribution in [0.15, 0.2) is 60.9 Å². The molecular weight excluding hydrogens is 446 g/mol. The van der Waals surface area contributed by atoms with Crippen molar-refractivity contribution in [3.8, 4) is 0 Å². The van der Waals surface area contributed by atoms with E-state index in [2.05, 4.69) is 21.2 Å². The molecule has 5 nitrogen and oxygen atoms in total. The summed E-state index contributed by atoms with van der Waals surface area (Å²) in [4.78, 5) is 16.5. The molecule has 0 saturated heterocycles. The van der Waals surface area contributed by atoms with E-state index in [0.717, 1.165) is 14.8 Å². The first-order chi connectivity index (χ1) is 12.5. The van der Waals surface area contributed by atoms with E-state index < -0.39 is 5.82 Å². The van der Waals surface area contributed by atoms with Crippen molar-refractivity contribution in [1.82, 2.24) is 10.4 Å². The van der Waals surface area contributed by atoms with Crippen LogP contribution in [0.25, 0.3) is 0 Å². The Morgan fingerprint density at radius 2 is 1.85 bits per heavy atom. The molecule has 0 aliphatic heterocycles. The first-order valence-corrected chi connectivity index (χ1v) is 8.90. The van der Waals surface area contributed by atoms with Crippen LogP contribution < -0.4 is 16.2 Å². The number of aryl methyl sites for hydroxylation is 1. The van der Waals surface area contributed by atoms with Crippen molar-refractivity contribution < 1.29 is 9.18 Å². The van der Waals surface area contributed by atoms with Crippen molar-refractivity contribution in [3.05, 3.63) is 81.4 Å². The summed E-state index contributed by atoms with van der Waals surface area (Å²) < 4.78 is 14.9. The van der Waals surface area contributed by atoms with Crippen molar-refractivity contribution in [3.63, 3.8) is 0 Å². The number of halogens is 2. The maximum absolute atomic E-state index is 14.1. The summed E-state index contributed by atoms with van der Waals surface area (Å²) in [7, 11) is 0. The molecule has 0 saturated carbocycles. The van der Waals surface area contributed by atoms with Gasteiger partial charge in [-0.2, -0.15) is 0 Å². The third-order valence-corrected chi connectivity index (χ3v) is 4.31. The standard InChI is InChI=1S/C19H16FIN4O/c1-12-2-5-14(6-3-12)24-25-19(26)15-8-9-22-11-18(15)23-17-7-4-13(21)10-16(17)20/h2-11,23-24H,1H3,(H,25,26). The second-order valence-corrected chi connectivity index (χ2v) is 6.86. The summed E-state index contributed by atoms with van der Waals surface area (Å²) >= 11 is 2.04. The maximum atomic E-state index is 14.1. The Morgan fingerprint density at radius 3 is 2.58 bits per heavy atom. The molecule has 0 spiro atoms. The Hall–Kier alpha value is -2.68. The molecule has 0 fully saturated rings. The highest BCUT2D eigenvalue weighted by atomic mass is 127. The monoisotopic (exact) mass is 462 g/mol. The second kappa shape index (κ2) is 8.13. The fourth-order valence-electron chi connectivity index (χ4n) is 2.26. The zero-order valence-electron chi connectivity index (χ0n) is 13.9. The average Bonchev–Trinajstić information content (AvgIpc) is 2.64. The fourth-order valence-corrected chi connectivity index (χ4v) is 2.71. The highest BCUT2D eigenvalue weighted by Crippen LogP contribution is 2.23. The number of rotatable bonds is 5. The quantitative estimate of drug-likeness (QED) is 0.382. The van der Waals surface area contributed by atoms with Crippen molar-refractivity contribution >= 4 is 45.6 Å². The van der Waals surface area contributed by atoms with E-state index in [1.807, 2.05) is 53.8 Å². The number of nitrogens with zero attached hydrogens (tertiary/aromatic N) is 1. The molecule has 0 radical (unpaired) electrons. The minimum absolute atomic E-state index is 0.277. The molecule has 3 rings (SSSR count). The van der Waals surface area contributed by atoms with Gasteiger partial charge >= 0.3 is 0 Å². The van der Waals surface area contributed by atoms with Gasteiger partial charge < -0.3 is 5.32 Å². The van der Waals surface area contributed by atoms with Crippen LogP contribution in [0, 0.1) is 16.3 Å². The van der Waals surface area contributed by atoms with Gasteiger partial charge in [0.1, 0.15) is 5.82 Å². The van der Waals surface area contributed by atoms with Crippen molar-refractivity contribution in [2.75, 3.05) is 10.7 Å². The number of hydrogen-bond donors (Lipinski definition) is 3. The number of amides is 1. The average molecular weight is 462 g/mol. The van der Waals surface area contributed by atoms with Crippen LogP contribution in [-0.4, -0.2) is 10.9 Å². The summed E-state index contributed by atoms with van der Waals surface area (Å²) in [6.07, 6.45) is 2.99. The number of carbonyl (C=O) groups is 1. The number of hydrogen-bond acceptors (Lipinski definition) is 4. The van der Waals surface area contributed by atoms with Gasteiger partial charge in [-0.25, -0.2) is 4.39 Å². The third kappa shape index (κ3) is 4.48. The minimum Gasteiger partial charge on any atom is -0.351 e. The number of anilines is 3. The van der Waals surface area contributed by atoms with Gasteiger partial charge in [-0.15, -0.1) is 0 Å². The number of hydrazine groups is 1. The van der Waals surface area contributed by atoms with Crippen molar-refractivity contribution in [2.45, 2.75) is 6.92 Å². The van der Waals surface area contributed by atoms with Gasteiger partial charge in [0, 0.05) is 9.77 Å². The number of aromatic nitrogens is 1. The van der Waals surface area contributed by atoms with E-state index in [1.165, 1.54) is 18.5 Å². The van der Waals surface area contributed by atoms with Crippen LogP contribution >= 0.6 is 22.6 Å². The Bertz CT molecular complexity index is 931. The Kier molecular flexibility index (Phi) is 5.67. The Labute approximate surface area is 164 Å². The highest BCUT2D eigenvalue weighted by Gasteiger charge is 2.13. The topological polar surface area (TPSA) is 66.0 Å². The van der Waals surface area contributed by atoms with Gasteiger partial charge in [0.15, 0.2) is 0 Å². The van der Waals surface area contributed by atoms with Crippen molar-refractivity contribution in [2.24, 2.45) is 0 Å². The van der Waals surface area contributed by atoms with Crippen LogP contribution in [0.4, 0.5) is 21.5 Å². The molecule has 3 aromatic rings. The normalized spacial score (nSPS) is 10.3. The largest absolute Gasteiger partial charge is 0.351 e. The lowest BCUT2D eigenvalue weighted by molar-refractivity contribution is 0.0963. The number of nitrogens with one attached hydrogen (secondary N) is 3. The van der Waals surface area contributed by atoms with E-state index >= 15 is 0 Å². The molecule has 0 aliphatic rings. The molecule has 0 aliphatic carbocycles. The Morgan fingerprint density at radius 1 is 1.08 bits per heavy atom. The summed E-state index contributed by atoms with van der Waals surface area (Å²) in [5.41, 5.74) is 8.41. The zero-order chi connectivity index (χ0) is 18.5. The first-order valence-electron chi connectivity index (χ1n) is 7.82.